The van der Waals surface area contributed by atoms with Crippen LogP contribution in [0.1, 0.15) is 61.5 Å². The Morgan fingerprint density at radius 1 is 1.07 bits per heavy atom. The van der Waals surface area contributed by atoms with Crippen molar-refractivity contribution in [3.8, 4) is 5.75 Å². The first-order chi connectivity index (χ1) is 13.4. The minimum absolute atomic E-state index is 0.0388. The summed E-state index contributed by atoms with van der Waals surface area (Å²) in [6.45, 7) is 7.06. The lowest BCUT2D eigenvalue weighted by atomic mass is 9.49. The number of carbonyl (C=O) groups is 1. The van der Waals surface area contributed by atoms with E-state index >= 15 is 0 Å². The number of fused-ring (bicyclic) bond motifs is 4. The zero-order chi connectivity index (χ0) is 19.5. The summed E-state index contributed by atoms with van der Waals surface area (Å²) < 4.78 is 6.14. The lowest BCUT2D eigenvalue weighted by Crippen LogP contribution is -2.50. The molecule has 3 aliphatic rings. The summed E-state index contributed by atoms with van der Waals surface area (Å²) in [6, 6.07) is 16.6. The van der Waals surface area contributed by atoms with E-state index in [2.05, 4.69) is 51.1 Å². The highest BCUT2D eigenvalue weighted by molar-refractivity contribution is 6.04. The molecule has 2 heteroatoms. The van der Waals surface area contributed by atoms with Crippen LogP contribution in [0.2, 0.25) is 0 Å². The van der Waals surface area contributed by atoms with Crippen LogP contribution in [-0.2, 0) is 11.8 Å². The molecule has 0 spiro atoms. The van der Waals surface area contributed by atoms with E-state index in [1.54, 1.807) is 0 Å². The van der Waals surface area contributed by atoms with Crippen LogP contribution >= 0.6 is 0 Å². The standard InChI is InChI=1S/C26H28O2/c1-17-14-15-25(2)20-10-6-4-8-18(20)12-13-23(25)26(17,3)16-22-24(27)19-9-5-7-11-21(19)28-22/h4-11,14,22-23H,12-13,15-16H2,1-3H3/t22?,23-,25-,26+/m1/s1. The van der Waals surface area contributed by atoms with Crippen LogP contribution in [0.4, 0.5) is 0 Å². The van der Waals surface area contributed by atoms with Crippen molar-refractivity contribution in [1.82, 2.24) is 0 Å². The second kappa shape index (κ2) is 6.07. The molecule has 2 aromatic rings. The third-order valence-corrected chi connectivity index (χ3v) is 7.93. The summed E-state index contributed by atoms with van der Waals surface area (Å²) in [5.41, 5.74) is 5.24. The average Bonchev–Trinajstić information content (AvgIpc) is 3.01. The molecule has 0 saturated carbocycles. The van der Waals surface area contributed by atoms with Crippen molar-refractivity contribution in [3.63, 3.8) is 0 Å². The van der Waals surface area contributed by atoms with Gasteiger partial charge in [0, 0.05) is 6.42 Å². The molecule has 2 nitrogen and oxygen atoms in total. The maximum absolute atomic E-state index is 13.0. The quantitative estimate of drug-likeness (QED) is 0.614. The van der Waals surface area contributed by atoms with Crippen molar-refractivity contribution >= 4 is 5.78 Å². The average molecular weight is 373 g/mol. The minimum atomic E-state index is -0.370. The van der Waals surface area contributed by atoms with Crippen LogP contribution in [0, 0.1) is 11.3 Å². The molecule has 0 N–H and O–H groups in total. The number of benzene rings is 2. The monoisotopic (exact) mass is 372 g/mol. The topological polar surface area (TPSA) is 26.3 Å². The van der Waals surface area contributed by atoms with Gasteiger partial charge in [0.2, 0.25) is 5.78 Å². The first-order valence-electron chi connectivity index (χ1n) is 10.5. The number of hydrogen-bond acceptors (Lipinski definition) is 2. The Morgan fingerprint density at radius 3 is 2.64 bits per heavy atom. The minimum Gasteiger partial charge on any atom is -0.481 e. The highest BCUT2D eigenvalue weighted by Gasteiger charge is 2.53. The molecule has 5 rings (SSSR count). The number of para-hydroxylation sites is 1. The predicted octanol–water partition coefficient (Wildman–Crippen LogP) is 5.90. The van der Waals surface area contributed by atoms with E-state index in [0.29, 0.717) is 5.92 Å². The Kier molecular flexibility index (Phi) is 3.84. The SMILES string of the molecule is CC1=CC[C@]2(C)c3ccccc3CC[C@H]2[C@@]1(C)CC1Oc2ccccc2C1=O. The molecule has 1 unspecified atom stereocenters. The van der Waals surface area contributed by atoms with Gasteiger partial charge in [0.1, 0.15) is 5.75 Å². The van der Waals surface area contributed by atoms with Gasteiger partial charge in [-0.2, -0.15) is 0 Å². The van der Waals surface area contributed by atoms with E-state index in [-0.39, 0.29) is 22.7 Å². The molecule has 0 radical (unpaired) electrons. The van der Waals surface area contributed by atoms with Gasteiger partial charge >= 0.3 is 0 Å². The lowest BCUT2D eigenvalue weighted by molar-refractivity contribution is 0.0474. The van der Waals surface area contributed by atoms with Gasteiger partial charge in [-0.1, -0.05) is 61.9 Å². The first-order valence-corrected chi connectivity index (χ1v) is 10.5. The molecule has 0 saturated heterocycles. The summed E-state index contributed by atoms with van der Waals surface area (Å²) in [5.74, 6) is 1.41. The molecular weight excluding hydrogens is 344 g/mol. The maximum atomic E-state index is 13.0. The number of hydrogen-bond donors (Lipinski definition) is 0. The van der Waals surface area contributed by atoms with Crippen molar-refractivity contribution in [2.75, 3.05) is 0 Å². The summed E-state index contributed by atoms with van der Waals surface area (Å²) >= 11 is 0. The molecule has 0 bridgehead atoms. The van der Waals surface area contributed by atoms with Crippen molar-refractivity contribution < 1.29 is 9.53 Å². The number of aryl methyl sites for hydroxylation is 1. The summed E-state index contributed by atoms with van der Waals surface area (Å²) in [7, 11) is 0. The molecule has 1 aliphatic heterocycles. The number of carbonyl (C=O) groups excluding carboxylic acids is 1. The Balaban J connectivity index is 1.52. The van der Waals surface area contributed by atoms with Gasteiger partial charge < -0.3 is 4.74 Å². The Labute approximate surface area is 167 Å². The molecule has 2 aromatic carbocycles. The van der Waals surface area contributed by atoms with Gasteiger partial charge in [-0.3, -0.25) is 4.79 Å². The zero-order valence-corrected chi connectivity index (χ0v) is 17.0. The fourth-order valence-electron chi connectivity index (χ4n) is 6.22. The number of Topliss-reactive ketones (excluding diaryl/α,β-unsaturated/α-hetero) is 1. The van der Waals surface area contributed by atoms with E-state index in [1.165, 1.54) is 23.1 Å². The molecule has 0 amide bonds. The van der Waals surface area contributed by atoms with Gasteiger partial charge in [0.05, 0.1) is 5.56 Å². The van der Waals surface area contributed by atoms with Crippen molar-refractivity contribution in [3.05, 3.63) is 76.9 Å². The van der Waals surface area contributed by atoms with E-state index in [4.69, 9.17) is 4.74 Å². The van der Waals surface area contributed by atoms with Gasteiger partial charge in [-0.05, 0) is 66.2 Å². The molecule has 144 valence electrons. The zero-order valence-electron chi connectivity index (χ0n) is 17.0. The van der Waals surface area contributed by atoms with E-state index < -0.39 is 0 Å². The largest absolute Gasteiger partial charge is 0.481 e. The van der Waals surface area contributed by atoms with Crippen LogP contribution in [0.5, 0.6) is 5.75 Å². The van der Waals surface area contributed by atoms with Gasteiger partial charge in [-0.15, -0.1) is 0 Å². The Hall–Kier alpha value is -2.35. The number of allylic oxidation sites excluding steroid dienone is 2. The summed E-state index contributed by atoms with van der Waals surface area (Å²) in [4.78, 5) is 13.0. The van der Waals surface area contributed by atoms with E-state index in [0.717, 1.165) is 30.6 Å². The summed E-state index contributed by atoms with van der Waals surface area (Å²) in [6.07, 6.45) is 6.18. The van der Waals surface area contributed by atoms with Gasteiger partial charge in [0.15, 0.2) is 6.10 Å². The van der Waals surface area contributed by atoms with Crippen LogP contribution < -0.4 is 4.74 Å². The molecule has 1 heterocycles. The highest BCUT2D eigenvalue weighted by atomic mass is 16.5. The highest BCUT2D eigenvalue weighted by Crippen LogP contribution is 2.59. The van der Waals surface area contributed by atoms with E-state index in [9.17, 15) is 4.79 Å². The fourth-order valence-corrected chi connectivity index (χ4v) is 6.22. The van der Waals surface area contributed by atoms with E-state index in [1.807, 2.05) is 24.3 Å². The fraction of sp³-hybridized carbons (Fsp3) is 0.423. The van der Waals surface area contributed by atoms with Crippen molar-refractivity contribution in [2.24, 2.45) is 11.3 Å². The third-order valence-electron chi connectivity index (χ3n) is 7.93. The molecule has 2 aliphatic carbocycles. The predicted molar refractivity (Wildman–Crippen MR) is 112 cm³/mol. The number of ether oxygens (including phenoxy) is 1. The molecular formula is C26H28O2. The molecule has 0 aromatic heterocycles. The normalized spacial score (nSPS) is 33.4. The number of rotatable bonds is 2. The van der Waals surface area contributed by atoms with Crippen LogP contribution in [0.15, 0.2) is 60.2 Å². The van der Waals surface area contributed by atoms with Crippen molar-refractivity contribution in [2.45, 2.75) is 58.0 Å². The second-order valence-corrected chi connectivity index (χ2v) is 9.35. The third kappa shape index (κ3) is 2.36. The first kappa shape index (κ1) is 17.7. The Bertz CT molecular complexity index is 987. The smallest absolute Gasteiger partial charge is 0.207 e. The van der Waals surface area contributed by atoms with Gasteiger partial charge in [0.25, 0.3) is 0 Å². The van der Waals surface area contributed by atoms with Crippen molar-refractivity contribution in [1.29, 1.82) is 0 Å². The number of ketones is 1. The second-order valence-electron chi connectivity index (χ2n) is 9.35. The van der Waals surface area contributed by atoms with Gasteiger partial charge in [-0.25, -0.2) is 0 Å². The van der Waals surface area contributed by atoms with Crippen LogP contribution in [0.25, 0.3) is 0 Å². The maximum Gasteiger partial charge on any atom is 0.207 e. The van der Waals surface area contributed by atoms with Crippen LogP contribution in [-0.4, -0.2) is 11.9 Å². The molecule has 0 fully saturated rings. The van der Waals surface area contributed by atoms with Crippen LogP contribution in [0.3, 0.4) is 0 Å². The lowest BCUT2D eigenvalue weighted by Gasteiger charge is -2.55. The molecule has 28 heavy (non-hydrogen) atoms. The molecule has 4 atom stereocenters. The Morgan fingerprint density at radius 2 is 1.82 bits per heavy atom. The summed E-state index contributed by atoms with van der Waals surface area (Å²) in [5, 5.41) is 0.